The number of fused-ring (bicyclic) bond motifs is 1. The number of hydroxylamine groups is 2. The molecule has 2 aromatic rings. The van der Waals surface area contributed by atoms with Crippen LogP contribution in [0.2, 0.25) is 0 Å². The zero-order valence-corrected chi connectivity index (χ0v) is 12.4. The maximum atomic E-state index is 12.1. The SMILES string of the molecule is CON(C)C(=O)c1nc2n(n1)[C@@H](c1ccccc1)C[C@@H]2C. The van der Waals surface area contributed by atoms with Crippen molar-refractivity contribution in [3.05, 3.63) is 47.5 Å². The Kier molecular flexibility index (Phi) is 3.47. The number of hydrogen-bond acceptors (Lipinski definition) is 4. The standard InChI is InChI=1S/C15H18N4O2/c1-10-9-12(11-7-5-4-6-8-11)19-14(10)16-13(17-19)15(20)18(2)21-3/h4-8,10,12H,9H2,1-3H3/t10-,12+/m0/s1. The molecule has 21 heavy (non-hydrogen) atoms. The van der Waals surface area contributed by atoms with Crippen LogP contribution in [-0.4, -0.2) is 39.9 Å². The van der Waals surface area contributed by atoms with Gasteiger partial charge in [0, 0.05) is 13.0 Å². The van der Waals surface area contributed by atoms with E-state index in [-0.39, 0.29) is 23.7 Å². The van der Waals surface area contributed by atoms with Crippen LogP contribution < -0.4 is 0 Å². The second-order valence-electron chi connectivity index (χ2n) is 5.29. The van der Waals surface area contributed by atoms with Gasteiger partial charge in [0.25, 0.3) is 0 Å². The zero-order valence-electron chi connectivity index (χ0n) is 12.4. The van der Waals surface area contributed by atoms with Crippen molar-refractivity contribution in [2.75, 3.05) is 14.2 Å². The molecule has 1 aromatic heterocycles. The quantitative estimate of drug-likeness (QED) is 0.810. The Hall–Kier alpha value is -2.21. The van der Waals surface area contributed by atoms with Crippen molar-refractivity contribution in [3.63, 3.8) is 0 Å². The number of hydrogen-bond donors (Lipinski definition) is 0. The molecule has 0 unspecified atom stereocenters. The van der Waals surface area contributed by atoms with E-state index in [1.807, 2.05) is 22.9 Å². The number of carbonyl (C=O) groups is 1. The Morgan fingerprint density at radius 2 is 2.10 bits per heavy atom. The summed E-state index contributed by atoms with van der Waals surface area (Å²) in [4.78, 5) is 21.4. The van der Waals surface area contributed by atoms with Gasteiger partial charge in [0.05, 0.1) is 13.2 Å². The molecule has 3 rings (SSSR count). The van der Waals surface area contributed by atoms with Gasteiger partial charge in [-0.3, -0.25) is 9.63 Å². The first-order valence-electron chi connectivity index (χ1n) is 6.95. The van der Waals surface area contributed by atoms with Crippen LogP contribution in [0.3, 0.4) is 0 Å². The predicted molar refractivity (Wildman–Crippen MR) is 76.7 cm³/mol. The molecule has 6 heteroatoms. The number of benzene rings is 1. The molecule has 0 spiro atoms. The van der Waals surface area contributed by atoms with E-state index in [9.17, 15) is 4.79 Å². The first kappa shape index (κ1) is 13.8. The van der Waals surface area contributed by atoms with Crippen molar-refractivity contribution in [1.29, 1.82) is 0 Å². The average molecular weight is 286 g/mol. The third-order valence-electron chi connectivity index (χ3n) is 3.91. The van der Waals surface area contributed by atoms with Gasteiger partial charge in [-0.1, -0.05) is 37.3 Å². The summed E-state index contributed by atoms with van der Waals surface area (Å²) in [5, 5.41) is 5.53. The Bertz CT molecular complexity index is 653. The molecule has 0 saturated carbocycles. The highest BCUT2D eigenvalue weighted by molar-refractivity contribution is 5.89. The van der Waals surface area contributed by atoms with Gasteiger partial charge in [-0.05, 0) is 12.0 Å². The molecule has 0 saturated heterocycles. The highest BCUT2D eigenvalue weighted by Crippen LogP contribution is 2.38. The molecule has 0 bridgehead atoms. The Balaban J connectivity index is 1.96. The van der Waals surface area contributed by atoms with Crippen LogP contribution in [0, 0.1) is 0 Å². The summed E-state index contributed by atoms with van der Waals surface area (Å²) >= 11 is 0. The van der Waals surface area contributed by atoms with E-state index in [1.165, 1.54) is 12.7 Å². The van der Waals surface area contributed by atoms with Gasteiger partial charge in [0.15, 0.2) is 0 Å². The number of aromatic nitrogens is 3. The zero-order chi connectivity index (χ0) is 15.0. The summed E-state index contributed by atoms with van der Waals surface area (Å²) in [5.74, 6) is 0.981. The third kappa shape index (κ3) is 2.31. The van der Waals surface area contributed by atoms with Crippen LogP contribution in [0.5, 0.6) is 0 Å². The van der Waals surface area contributed by atoms with Crippen LogP contribution in [0.15, 0.2) is 30.3 Å². The molecule has 2 atom stereocenters. The summed E-state index contributed by atoms with van der Waals surface area (Å²) in [7, 11) is 2.99. The molecular weight excluding hydrogens is 268 g/mol. The Morgan fingerprint density at radius 1 is 1.38 bits per heavy atom. The molecule has 110 valence electrons. The number of amides is 1. The highest BCUT2D eigenvalue weighted by atomic mass is 16.7. The van der Waals surface area contributed by atoms with E-state index in [0.29, 0.717) is 0 Å². The Morgan fingerprint density at radius 3 is 2.76 bits per heavy atom. The van der Waals surface area contributed by atoms with Crippen LogP contribution >= 0.6 is 0 Å². The molecule has 2 heterocycles. The lowest BCUT2D eigenvalue weighted by atomic mass is 10.0. The topological polar surface area (TPSA) is 60.2 Å². The van der Waals surface area contributed by atoms with Crippen molar-refractivity contribution in [1.82, 2.24) is 19.8 Å². The minimum absolute atomic E-state index is 0.137. The first-order chi connectivity index (χ1) is 10.1. The van der Waals surface area contributed by atoms with E-state index in [2.05, 4.69) is 29.1 Å². The molecule has 0 N–H and O–H groups in total. The lowest BCUT2D eigenvalue weighted by Crippen LogP contribution is -2.26. The van der Waals surface area contributed by atoms with Gasteiger partial charge < -0.3 is 0 Å². The summed E-state index contributed by atoms with van der Waals surface area (Å²) < 4.78 is 1.87. The number of carbonyl (C=O) groups excluding carboxylic acids is 1. The highest BCUT2D eigenvalue weighted by Gasteiger charge is 2.34. The third-order valence-corrected chi connectivity index (χ3v) is 3.91. The molecule has 0 aliphatic carbocycles. The van der Waals surface area contributed by atoms with E-state index < -0.39 is 0 Å². The molecule has 1 aromatic carbocycles. The fraction of sp³-hybridized carbons (Fsp3) is 0.400. The van der Waals surface area contributed by atoms with Crippen molar-refractivity contribution in [3.8, 4) is 0 Å². The molecule has 1 aliphatic heterocycles. The number of nitrogens with zero attached hydrogens (tertiary/aromatic N) is 4. The molecule has 0 fully saturated rings. The maximum absolute atomic E-state index is 12.1. The molecular formula is C15H18N4O2. The second-order valence-corrected chi connectivity index (χ2v) is 5.29. The maximum Gasteiger partial charge on any atom is 0.316 e. The van der Waals surface area contributed by atoms with Gasteiger partial charge in [0.2, 0.25) is 5.82 Å². The predicted octanol–water partition coefficient (Wildman–Crippen LogP) is 2.01. The van der Waals surface area contributed by atoms with Gasteiger partial charge in [-0.15, -0.1) is 5.10 Å². The monoisotopic (exact) mass is 286 g/mol. The van der Waals surface area contributed by atoms with Crippen LogP contribution in [0.25, 0.3) is 0 Å². The van der Waals surface area contributed by atoms with Crippen molar-refractivity contribution in [2.45, 2.75) is 25.3 Å². The lowest BCUT2D eigenvalue weighted by Gasteiger charge is -2.13. The first-order valence-corrected chi connectivity index (χ1v) is 6.95. The Labute approximate surface area is 123 Å². The lowest BCUT2D eigenvalue weighted by molar-refractivity contribution is -0.0764. The van der Waals surface area contributed by atoms with E-state index in [0.717, 1.165) is 17.3 Å². The number of rotatable bonds is 3. The minimum atomic E-state index is -0.335. The van der Waals surface area contributed by atoms with Crippen LogP contribution in [0.1, 0.15) is 47.3 Å². The summed E-state index contributed by atoms with van der Waals surface area (Å²) in [6.07, 6.45) is 0.952. The van der Waals surface area contributed by atoms with Crippen molar-refractivity contribution in [2.24, 2.45) is 0 Å². The molecule has 1 amide bonds. The normalized spacial score (nSPS) is 20.3. The summed E-state index contributed by atoms with van der Waals surface area (Å²) in [6.45, 7) is 2.11. The van der Waals surface area contributed by atoms with Crippen LogP contribution in [-0.2, 0) is 4.84 Å². The average Bonchev–Trinajstić information content (AvgIpc) is 3.07. The largest absolute Gasteiger partial charge is 0.316 e. The van der Waals surface area contributed by atoms with E-state index >= 15 is 0 Å². The smallest absolute Gasteiger partial charge is 0.274 e. The van der Waals surface area contributed by atoms with Gasteiger partial charge in [0.1, 0.15) is 5.82 Å². The summed E-state index contributed by atoms with van der Waals surface area (Å²) in [5.41, 5.74) is 1.19. The van der Waals surface area contributed by atoms with Crippen LogP contribution in [0.4, 0.5) is 0 Å². The molecule has 6 nitrogen and oxygen atoms in total. The minimum Gasteiger partial charge on any atom is -0.274 e. The van der Waals surface area contributed by atoms with Crippen molar-refractivity contribution >= 4 is 5.91 Å². The van der Waals surface area contributed by atoms with E-state index in [4.69, 9.17) is 4.84 Å². The van der Waals surface area contributed by atoms with E-state index in [1.54, 1.807) is 7.05 Å². The van der Waals surface area contributed by atoms with Gasteiger partial charge >= 0.3 is 5.91 Å². The van der Waals surface area contributed by atoms with Gasteiger partial charge in [-0.2, -0.15) is 0 Å². The molecule has 1 aliphatic rings. The van der Waals surface area contributed by atoms with Crippen molar-refractivity contribution < 1.29 is 9.63 Å². The fourth-order valence-corrected chi connectivity index (χ4v) is 2.71. The second kappa shape index (κ2) is 5.29. The molecule has 0 radical (unpaired) electrons. The fourth-order valence-electron chi connectivity index (χ4n) is 2.71. The van der Waals surface area contributed by atoms with Gasteiger partial charge in [-0.25, -0.2) is 14.7 Å². The summed E-state index contributed by atoms with van der Waals surface area (Å²) in [6, 6.07) is 10.3.